The molecule has 17 nitrogen and oxygen atoms in total. The van der Waals surface area contributed by atoms with Crippen molar-refractivity contribution in [1.29, 1.82) is 0 Å². The molecule has 3 rings (SSSR count). The maximum absolute atomic E-state index is 12.3. The number of hydrogen-bond donors (Lipinski definition) is 3. The summed E-state index contributed by atoms with van der Waals surface area (Å²) in [7, 11) is -4.03. The van der Waals surface area contributed by atoms with E-state index in [9.17, 15) is 32.1 Å². The standard InChI is InChI=1S/C15H15ClN8O9S2/c1-32-14(28)8-3-17-22-23(8)12-11(13(27)24(12)35(29,30)31)20-10(26)4-18-33-5-7-6-34-15(19-7)21-9(25)2-16/h3-4,6,11-12H,2,5H2,1H3,(H,20,26)(H,19,21,25)(H,29,30,31)/t11-,12-/m0/s1. The van der Waals surface area contributed by atoms with Crippen LogP contribution >= 0.6 is 22.9 Å². The number of carbonyl (C=O) groups excluding carboxylic acids is 4. The maximum Gasteiger partial charge on any atom is 0.364 e. The molecule has 0 aromatic carbocycles. The quantitative estimate of drug-likeness (QED) is 0.0769. The van der Waals surface area contributed by atoms with Crippen molar-refractivity contribution in [2.45, 2.75) is 18.8 Å². The number of thiazole rings is 1. The van der Waals surface area contributed by atoms with Crippen LogP contribution in [0.15, 0.2) is 16.7 Å². The summed E-state index contributed by atoms with van der Waals surface area (Å²) in [5.41, 5.74) is 0.0387. The third-order valence-corrected chi connectivity index (χ3v) is 6.11. The molecule has 0 aliphatic carbocycles. The van der Waals surface area contributed by atoms with Gasteiger partial charge >= 0.3 is 16.3 Å². The highest BCUT2D eigenvalue weighted by molar-refractivity contribution is 7.84. The first kappa shape index (κ1) is 25.9. The predicted octanol–water partition coefficient (Wildman–Crippen LogP) is -1.47. The normalized spacial score (nSPS) is 17.7. The number of esters is 1. The summed E-state index contributed by atoms with van der Waals surface area (Å²) >= 11 is 6.50. The first-order chi connectivity index (χ1) is 16.6. The van der Waals surface area contributed by atoms with Gasteiger partial charge in [-0.05, 0) is 0 Å². The Morgan fingerprint density at radius 2 is 2.14 bits per heavy atom. The van der Waals surface area contributed by atoms with Gasteiger partial charge in [0.2, 0.25) is 5.91 Å². The summed E-state index contributed by atoms with van der Waals surface area (Å²) in [4.78, 5) is 56.5. The molecule has 1 aliphatic heterocycles. The van der Waals surface area contributed by atoms with E-state index in [-0.39, 0.29) is 27.6 Å². The number of halogens is 1. The van der Waals surface area contributed by atoms with E-state index in [1.54, 1.807) is 5.38 Å². The van der Waals surface area contributed by atoms with Gasteiger partial charge in [0.15, 0.2) is 29.6 Å². The lowest BCUT2D eigenvalue weighted by molar-refractivity contribution is -0.149. The molecule has 1 aliphatic rings. The molecule has 3 amide bonds. The van der Waals surface area contributed by atoms with Gasteiger partial charge < -0.3 is 20.2 Å². The number of ether oxygens (including phenoxy) is 1. The van der Waals surface area contributed by atoms with Gasteiger partial charge in [-0.15, -0.1) is 28.0 Å². The van der Waals surface area contributed by atoms with Crippen molar-refractivity contribution in [1.82, 2.24) is 29.6 Å². The van der Waals surface area contributed by atoms with Crippen molar-refractivity contribution in [2.24, 2.45) is 5.16 Å². The van der Waals surface area contributed by atoms with Gasteiger partial charge in [0.05, 0.1) is 19.0 Å². The lowest BCUT2D eigenvalue weighted by Gasteiger charge is -2.43. The van der Waals surface area contributed by atoms with Crippen molar-refractivity contribution >= 4 is 68.3 Å². The zero-order valence-corrected chi connectivity index (χ0v) is 19.8. The lowest BCUT2D eigenvalue weighted by Crippen LogP contribution is -2.69. The number of hydrogen-bond acceptors (Lipinski definition) is 13. The van der Waals surface area contributed by atoms with Crippen LogP contribution in [-0.2, 0) is 40.9 Å². The maximum atomic E-state index is 12.3. The second-order valence-corrected chi connectivity index (χ2v) is 8.82. The summed E-state index contributed by atoms with van der Waals surface area (Å²) in [6.45, 7) is -0.167. The van der Waals surface area contributed by atoms with E-state index in [2.05, 4.69) is 35.8 Å². The number of oxime groups is 1. The molecule has 20 heteroatoms. The van der Waals surface area contributed by atoms with Gasteiger partial charge in [-0.3, -0.25) is 18.9 Å². The number of amides is 3. The van der Waals surface area contributed by atoms with Crippen molar-refractivity contribution in [3.05, 3.63) is 23.0 Å². The molecule has 2 aromatic rings. The van der Waals surface area contributed by atoms with Crippen LogP contribution in [0, 0.1) is 0 Å². The van der Waals surface area contributed by atoms with E-state index >= 15 is 0 Å². The highest BCUT2D eigenvalue weighted by atomic mass is 35.5. The molecule has 3 heterocycles. The Labute approximate surface area is 204 Å². The number of carbonyl (C=O) groups is 4. The summed E-state index contributed by atoms with van der Waals surface area (Å²) in [5, 5.41) is 16.9. The number of aromatic nitrogens is 4. The van der Waals surface area contributed by atoms with Gasteiger partial charge in [-0.2, -0.15) is 12.7 Å². The molecule has 1 saturated heterocycles. The van der Waals surface area contributed by atoms with Crippen LogP contribution in [0.5, 0.6) is 0 Å². The summed E-state index contributed by atoms with van der Waals surface area (Å²) in [6.07, 6.45) is -0.0503. The molecule has 2 aromatic heterocycles. The fourth-order valence-corrected chi connectivity index (χ4v) is 4.33. The van der Waals surface area contributed by atoms with Gasteiger partial charge in [-0.1, -0.05) is 10.4 Å². The molecule has 1 fully saturated rings. The molecular weight excluding hydrogens is 536 g/mol. The number of rotatable bonds is 10. The molecule has 3 N–H and O–H groups in total. The van der Waals surface area contributed by atoms with Crippen molar-refractivity contribution < 1.29 is 41.7 Å². The summed E-state index contributed by atoms with van der Waals surface area (Å²) in [6, 6.07) is -1.56. The fraction of sp³-hybridized carbons (Fsp3) is 0.333. The van der Waals surface area contributed by atoms with Crippen LogP contribution in [0.2, 0.25) is 0 Å². The first-order valence-corrected chi connectivity index (χ1v) is 11.9. The SMILES string of the molecule is COC(=O)c1cnnn1[C@@H]1[C@H](NC(=O)C=NOCc2csc(NC(=O)CCl)n2)C(=O)N1S(=O)(=O)O. The molecular formula is C15H15ClN8O9S2. The van der Waals surface area contributed by atoms with Crippen LogP contribution in [-0.4, -0.2) is 86.2 Å². The Balaban J connectivity index is 1.64. The first-order valence-electron chi connectivity index (χ1n) is 9.12. The van der Waals surface area contributed by atoms with Gasteiger partial charge in [0.25, 0.3) is 11.8 Å². The van der Waals surface area contributed by atoms with E-state index in [4.69, 9.17) is 16.4 Å². The Hall–Kier alpha value is -3.68. The van der Waals surface area contributed by atoms with Crippen molar-refractivity contribution in [2.75, 3.05) is 18.3 Å². The molecule has 0 unspecified atom stereocenters. The molecule has 35 heavy (non-hydrogen) atoms. The minimum atomic E-state index is -5.07. The molecule has 0 radical (unpaired) electrons. The number of nitrogens with one attached hydrogen (secondary N) is 2. The fourth-order valence-electron chi connectivity index (χ4n) is 2.73. The molecule has 2 atom stereocenters. The average molecular weight is 551 g/mol. The van der Waals surface area contributed by atoms with Crippen molar-refractivity contribution in [3.63, 3.8) is 0 Å². The lowest BCUT2D eigenvalue weighted by atomic mass is 10.1. The molecule has 188 valence electrons. The zero-order chi connectivity index (χ0) is 25.8. The second-order valence-electron chi connectivity index (χ2n) is 6.40. The summed E-state index contributed by atoms with van der Waals surface area (Å²) < 4.78 is 37.9. The monoisotopic (exact) mass is 550 g/mol. The van der Waals surface area contributed by atoms with E-state index in [1.165, 1.54) is 0 Å². The average Bonchev–Trinajstić information content (AvgIpc) is 3.46. The van der Waals surface area contributed by atoms with E-state index in [0.29, 0.717) is 16.6 Å². The largest absolute Gasteiger partial charge is 0.464 e. The van der Waals surface area contributed by atoms with Crippen LogP contribution in [0.4, 0.5) is 5.13 Å². The minimum Gasteiger partial charge on any atom is -0.464 e. The zero-order valence-electron chi connectivity index (χ0n) is 17.4. The smallest absolute Gasteiger partial charge is 0.364 e. The number of anilines is 1. The molecule has 0 saturated carbocycles. The molecule has 0 bridgehead atoms. The Bertz CT molecular complexity index is 1280. The molecule has 0 spiro atoms. The third-order valence-electron chi connectivity index (χ3n) is 4.16. The van der Waals surface area contributed by atoms with Gasteiger partial charge in [0, 0.05) is 5.38 Å². The summed E-state index contributed by atoms with van der Waals surface area (Å²) in [5.74, 6) is -3.82. The predicted molar refractivity (Wildman–Crippen MR) is 115 cm³/mol. The number of nitrogens with zero attached hydrogens (tertiary/aromatic N) is 6. The van der Waals surface area contributed by atoms with Gasteiger partial charge in [-0.25, -0.2) is 14.5 Å². The Morgan fingerprint density at radius 1 is 1.40 bits per heavy atom. The Kier molecular flexibility index (Phi) is 7.94. The van der Waals surface area contributed by atoms with E-state index < -0.39 is 46.2 Å². The van der Waals surface area contributed by atoms with Crippen LogP contribution in [0.25, 0.3) is 0 Å². The number of β-lactam (4-membered cyclic amide) rings is 1. The topological polar surface area (TPSA) is 224 Å². The van der Waals surface area contributed by atoms with E-state index in [0.717, 1.165) is 24.6 Å². The second kappa shape index (κ2) is 10.7. The minimum absolute atomic E-state index is 0.00947. The number of methoxy groups -OCH3 is 1. The van der Waals surface area contributed by atoms with E-state index in [1.807, 2.05) is 0 Å². The third kappa shape index (κ3) is 5.88. The van der Waals surface area contributed by atoms with Crippen LogP contribution < -0.4 is 10.6 Å². The van der Waals surface area contributed by atoms with Gasteiger partial charge in [0.1, 0.15) is 12.1 Å². The van der Waals surface area contributed by atoms with Crippen LogP contribution in [0.1, 0.15) is 22.3 Å². The number of alkyl halides is 1. The Morgan fingerprint density at radius 3 is 2.80 bits per heavy atom. The highest BCUT2D eigenvalue weighted by Crippen LogP contribution is 2.33. The van der Waals surface area contributed by atoms with Crippen LogP contribution in [0.3, 0.4) is 0 Å². The highest BCUT2D eigenvalue weighted by Gasteiger charge is 2.56. The van der Waals surface area contributed by atoms with Crippen molar-refractivity contribution in [3.8, 4) is 0 Å².